The van der Waals surface area contributed by atoms with Gasteiger partial charge in [0, 0.05) is 24.2 Å². The number of rotatable bonds is 4. The fourth-order valence-corrected chi connectivity index (χ4v) is 4.23. The average Bonchev–Trinajstić information content (AvgIpc) is 3.25. The van der Waals surface area contributed by atoms with Gasteiger partial charge in [0.1, 0.15) is 0 Å². The van der Waals surface area contributed by atoms with E-state index in [0.717, 1.165) is 23.7 Å². The normalized spacial score (nSPS) is 17.6. The average molecular weight is 338 g/mol. The van der Waals surface area contributed by atoms with Gasteiger partial charge in [0.2, 0.25) is 5.91 Å². The van der Waals surface area contributed by atoms with Crippen molar-refractivity contribution in [2.45, 2.75) is 25.6 Å². The van der Waals surface area contributed by atoms with Gasteiger partial charge in [-0.3, -0.25) is 14.8 Å². The zero-order valence-electron chi connectivity index (χ0n) is 13.1. The van der Waals surface area contributed by atoms with Gasteiger partial charge in [-0.1, -0.05) is 24.3 Å². The largest absolute Gasteiger partial charge is 0.368 e. The minimum Gasteiger partial charge on any atom is -0.368 e. The number of amides is 1. The second-order valence-corrected chi connectivity index (χ2v) is 7.20. The van der Waals surface area contributed by atoms with Gasteiger partial charge in [0.05, 0.1) is 16.6 Å². The van der Waals surface area contributed by atoms with Gasteiger partial charge in [-0.2, -0.15) is 5.10 Å². The molecular formula is C18H18N4OS. The van der Waals surface area contributed by atoms with Crippen LogP contribution in [0.4, 0.5) is 0 Å². The van der Waals surface area contributed by atoms with Crippen LogP contribution in [0.5, 0.6) is 0 Å². The minimum atomic E-state index is -0.255. The molecule has 1 aromatic carbocycles. The lowest BCUT2D eigenvalue weighted by Crippen LogP contribution is -2.47. The van der Waals surface area contributed by atoms with Crippen LogP contribution in [0.2, 0.25) is 0 Å². The molecular weight excluding hydrogens is 320 g/mol. The Morgan fingerprint density at radius 1 is 1.25 bits per heavy atom. The summed E-state index contributed by atoms with van der Waals surface area (Å²) in [5.41, 5.74) is 9.18. The van der Waals surface area contributed by atoms with Crippen LogP contribution in [0.15, 0.2) is 48.7 Å². The molecule has 4 rings (SSSR count). The van der Waals surface area contributed by atoms with Crippen LogP contribution in [0, 0.1) is 0 Å². The Morgan fingerprint density at radius 2 is 2.08 bits per heavy atom. The second-order valence-electron chi connectivity index (χ2n) is 6.03. The Labute approximate surface area is 144 Å². The molecule has 0 spiro atoms. The lowest BCUT2D eigenvalue weighted by molar-refractivity contribution is -0.124. The molecule has 0 saturated heterocycles. The van der Waals surface area contributed by atoms with E-state index in [2.05, 4.69) is 39.4 Å². The van der Waals surface area contributed by atoms with Crippen molar-refractivity contribution in [1.82, 2.24) is 15.1 Å². The first kappa shape index (κ1) is 15.1. The quantitative estimate of drug-likeness (QED) is 0.768. The van der Waals surface area contributed by atoms with Crippen molar-refractivity contribution in [2.24, 2.45) is 5.73 Å². The monoisotopic (exact) mass is 338 g/mol. The van der Waals surface area contributed by atoms with Gasteiger partial charge in [0.15, 0.2) is 0 Å². The van der Waals surface area contributed by atoms with Crippen LogP contribution in [0.1, 0.15) is 16.0 Å². The van der Waals surface area contributed by atoms with E-state index in [1.54, 1.807) is 17.5 Å². The maximum Gasteiger partial charge on any atom is 0.235 e. The molecule has 0 unspecified atom stereocenters. The molecule has 3 aromatic rings. The molecule has 2 aromatic heterocycles. The number of nitrogens with zero attached hydrogens (tertiary/aromatic N) is 2. The fraction of sp³-hybridized carbons (Fsp3) is 0.222. The molecule has 3 heterocycles. The Bertz CT molecular complexity index is 856. The Balaban J connectivity index is 1.57. The minimum absolute atomic E-state index is 0.252. The van der Waals surface area contributed by atoms with Crippen LogP contribution in [-0.4, -0.2) is 27.0 Å². The van der Waals surface area contributed by atoms with Crippen molar-refractivity contribution < 1.29 is 4.79 Å². The van der Waals surface area contributed by atoms with E-state index in [1.807, 2.05) is 18.2 Å². The highest BCUT2D eigenvalue weighted by Gasteiger charge is 2.30. The van der Waals surface area contributed by atoms with E-state index >= 15 is 0 Å². The Morgan fingerprint density at radius 3 is 2.83 bits per heavy atom. The number of aromatic amines is 1. The standard InChI is InChI=1S/C18H18N4OS/c19-18(23)16-9-12-3-1-2-4-13(12)10-22(16)11-14-5-6-17(24-14)15-7-8-20-21-15/h1-8,16H,9-11H2,(H2,19,23)(H,20,21)/t16-/m1/s1. The molecule has 1 amide bonds. The number of hydrogen-bond donors (Lipinski definition) is 2. The predicted octanol–water partition coefficient (Wildman–Crippen LogP) is 2.55. The first-order chi connectivity index (χ1) is 11.7. The third-order valence-electron chi connectivity index (χ3n) is 4.46. The van der Waals surface area contributed by atoms with Crippen LogP contribution in [0.3, 0.4) is 0 Å². The number of carbonyl (C=O) groups is 1. The Hall–Kier alpha value is -2.44. The highest BCUT2D eigenvalue weighted by atomic mass is 32.1. The highest BCUT2D eigenvalue weighted by Crippen LogP contribution is 2.30. The number of nitrogens with one attached hydrogen (secondary N) is 1. The van der Waals surface area contributed by atoms with E-state index in [0.29, 0.717) is 6.42 Å². The van der Waals surface area contributed by atoms with E-state index in [4.69, 9.17) is 5.73 Å². The number of H-pyrrole nitrogens is 1. The maximum absolute atomic E-state index is 11.9. The molecule has 3 N–H and O–H groups in total. The molecule has 6 heteroatoms. The molecule has 0 fully saturated rings. The van der Waals surface area contributed by atoms with Crippen LogP contribution < -0.4 is 5.73 Å². The summed E-state index contributed by atoms with van der Waals surface area (Å²) in [5.74, 6) is -0.255. The summed E-state index contributed by atoms with van der Waals surface area (Å²) >= 11 is 1.71. The first-order valence-electron chi connectivity index (χ1n) is 7.89. The van der Waals surface area contributed by atoms with Gasteiger partial charge in [-0.15, -0.1) is 11.3 Å². The maximum atomic E-state index is 11.9. The van der Waals surface area contributed by atoms with E-state index in [-0.39, 0.29) is 11.9 Å². The summed E-state index contributed by atoms with van der Waals surface area (Å²) in [7, 11) is 0. The van der Waals surface area contributed by atoms with Gasteiger partial charge < -0.3 is 5.73 Å². The fourth-order valence-electron chi connectivity index (χ4n) is 3.22. The summed E-state index contributed by atoms with van der Waals surface area (Å²) in [4.78, 5) is 16.5. The van der Waals surface area contributed by atoms with Crippen molar-refractivity contribution in [3.05, 3.63) is 64.7 Å². The molecule has 122 valence electrons. The lowest BCUT2D eigenvalue weighted by atomic mass is 9.93. The molecule has 0 bridgehead atoms. The van der Waals surface area contributed by atoms with Crippen molar-refractivity contribution in [3.63, 3.8) is 0 Å². The first-order valence-corrected chi connectivity index (χ1v) is 8.71. The van der Waals surface area contributed by atoms with Crippen molar-refractivity contribution in [3.8, 4) is 10.6 Å². The lowest BCUT2D eigenvalue weighted by Gasteiger charge is -2.34. The summed E-state index contributed by atoms with van der Waals surface area (Å²) in [6, 6.07) is 14.2. The summed E-state index contributed by atoms with van der Waals surface area (Å²) < 4.78 is 0. The van der Waals surface area contributed by atoms with Crippen molar-refractivity contribution in [1.29, 1.82) is 0 Å². The Kier molecular flexibility index (Phi) is 3.92. The molecule has 1 aliphatic rings. The number of nitrogens with two attached hydrogens (primary N) is 1. The van der Waals surface area contributed by atoms with Crippen molar-refractivity contribution >= 4 is 17.2 Å². The van der Waals surface area contributed by atoms with E-state index in [9.17, 15) is 4.79 Å². The molecule has 0 saturated carbocycles. The smallest absolute Gasteiger partial charge is 0.235 e. The molecule has 1 atom stereocenters. The summed E-state index contributed by atoms with van der Waals surface area (Å²) in [6.45, 7) is 1.47. The zero-order chi connectivity index (χ0) is 16.5. The van der Waals surface area contributed by atoms with Gasteiger partial charge >= 0.3 is 0 Å². The second kappa shape index (κ2) is 6.22. The molecule has 1 aliphatic heterocycles. The highest BCUT2D eigenvalue weighted by molar-refractivity contribution is 7.15. The number of carbonyl (C=O) groups excluding carboxylic acids is 1. The molecule has 0 radical (unpaired) electrons. The predicted molar refractivity (Wildman–Crippen MR) is 94.3 cm³/mol. The van der Waals surface area contributed by atoms with E-state index < -0.39 is 0 Å². The van der Waals surface area contributed by atoms with Gasteiger partial charge in [-0.05, 0) is 35.7 Å². The van der Waals surface area contributed by atoms with Crippen LogP contribution >= 0.6 is 11.3 Å². The topological polar surface area (TPSA) is 75.0 Å². The summed E-state index contributed by atoms with van der Waals surface area (Å²) in [5, 5.41) is 6.98. The molecule has 0 aliphatic carbocycles. The van der Waals surface area contributed by atoms with Gasteiger partial charge in [-0.25, -0.2) is 0 Å². The zero-order valence-corrected chi connectivity index (χ0v) is 13.9. The number of fused-ring (bicyclic) bond motifs is 1. The molecule has 24 heavy (non-hydrogen) atoms. The van der Waals surface area contributed by atoms with Gasteiger partial charge in [0.25, 0.3) is 0 Å². The van der Waals surface area contributed by atoms with Crippen molar-refractivity contribution in [2.75, 3.05) is 0 Å². The third-order valence-corrected chi connectivity index (χ3v) is 5.56. The SMILES string of the molecule is NC(=O)[C@H]1Cc2ccccc2CN1Cc1ccc(-c2ccn[nH]2)s1. The van der Waals surface area contributed by atoms with E-state index in [1.165, 1.54) is 16.0 Å². The number of primary amides is 1. The number of aromatic nitrogens is 2. The third kappa shape index (κ3) is 2.86. The number of benzene rings is 1. The molecule has 5 nitrogen and oxygen atoms in total. The number of thiophene rings is 1. The summed E-state index contributed by atoms with van der Waals surface area (Å²) in [6.07, 6.45) is 2.43. The van der Waals surface area contributed by atoms with Crippen LogP contribution in [0.25, 0.3) is 10.6 Å². The number of hydrogen-bond acceptors (Lipinski definition) is 4. The van der Waals surface area contributed by atoms with Crippen LogP contribution in [-0.2, 0) is 24.3 Å².